The molecular weight excluding hydrogens is 198 g/mol. The molecule has 1 heterocycles. The summed E-state index contributed by atoms with van der Waals surface area (Å²) in [6, 6.07) is 7.55. The molecule has 0 radical (unpaired) electrons. The average molecular weight is 208 g/mol. The monoisotopic (exact) mass is 207 g/mol. The first-order valence-electron chi connectivity index (χ1n) is 4.25. The molecule has 0 bridgehead atoms. The first kappa shape index (κ1) is 9.09. The molecule has 0 saturated heterocycles. The summed E-state index contributed by atoms with van der Waals surface area (Å²) < 4.78 is 1.75. The highest BCUT2D eigenvalue weighted by Crippen LogP contribution is 2.17. The number of aromatic nitrogens is 2. The Kier molecular flexibility index (Phi) is 2.41. The van der Waals surface area contributed by atoms with Crippen molar-refractivity contribution in [1.82, 2.24) is 9.78 Å². The van der Waals surface area contributed by atoms with Crippen molar-refractivity contribution in [2.24, 2.45) is 7.05 Å². The van der Waals surface area contributed by atoms with Crippen LogP contribution >= 0.6 is 11.6 Å². The van der Waals surface area contributed by atoms with E-state index in [2.05, 4.69) is 10.4 Å². The molecule has 1 N–H and O–H groups in total. The summed E-state index contributed by atoms with van der Waals surface area (Å²) in [7, 11) is 1.88. The van der Waals surface area contributed by atoms with Crippen molar-refractivity contribution in [3.05, 3.63) is 41.7 Å². The van der Waals surface area contributed by atoms with E-state index in [1.54, 1.807) is 10.9 Å². The van der Waals surface area contributed by atoms with Gasteiger partial charge in [-0.05, 0) is 24.3 Å². The molecule has 72 valence electrons. The Morgan fingerprint density at radius 1 is 1.21 bits per heavy atom. The second-order valence-corrected chi connectivity index (χ2v) is 3.47. The molecule has 0 amide bonds. The molecule has 3 nitrogen and oxygen atoms in total. The Morgan fingerprint density at radius 3 is 2.50 bits per heavy atom. The topological polar surface area (TPSA) is 29.9 Å². The van der Waals surface area contributed by atoms with Crippen LogP contribution in [0.2, 0.25) is 5.02 Å². The van der Waals surface area contributed by atoms with Crippen molar-refractivity contribution in [3.8, 4) is 0 Å². The maximum absolute atomic E-state index is 5.77. The molecule has 1 aromatic carbocycles. The van der Waals surface area contributed by atoms with E-state index in [9.17, 15) is 0 Å². The summed E-state index contributed by atoms with van der Waals surface area (Å²) in [5.41, 5.74) is 1.97. The molecule has 2 aromatic rings. The van der Waals surface area contributed by atoms with Crippen molar-refractivity contribution in [3.63, 3.8) is 0 Å². The van der Waals surface area contributed by atoms with Crippen LogP contribution in [0.25, 0.3) is 0 Å². The van der Waals surface area contributed by atoms with Gasteiger partial charge in [-0.15, -0.1) is 0 Å². The number of hydrogen-bond acceptors (Lipinski definition) is 2. The number of anilines is 2. The van der Waals surface area contributed by atoms with Crippen LogP contribution in [-0.4, -0.2) is 9.78 Å². The van der Waals surface area contributed by atoms with E-state index in [4.69, 9.17) is 11.6 Å². The quantitative estimate of drug-likeness (QED) is 0.821. The van der Waals surface area contributed by atoms with Gasteiger partial charge in [-0.1, -0.05) is 11.6 Å². The number of aryl methyl sites for hydroxylation is 1. The summed E-state index contributed by atoms with van der Waals surface area (Å²) in [5, 5.41) is 8.01. The van der Waals surface area contributed by atoms with E-state index < -0.39 is 0 Å². The standard InChI is InChI=1S/C10H10ClN3/c1-14-7-10(6-12-14)13-9-4-2-8(11)3-5-9/h2-7,13H,1H3. The minimum atomic E-state index is 0.738. The van der Waals surface area contributed by atoms with E-state index in [0.29, 0.717) is 0 Å². The second-order valence-electron chi connectivity index (χ2n) is 3.03. The molecule has 0 spiro atoms. The lowest BCUT2D eigenvalue weighted by atomic mass is 10.3. The molecule has 0 aliphatic heterocycles. The SMILES string of the molecule is Cn1cc(Nc2ccc(Cl)cc2)cn1. The highest BCUT2D eigenvalue weighted by Gasteiger charge is 1.96. The molecule has 0 fully saturated rings. The van der Waals surface area contributed by atoms with Gasteiger partial charge >= 0.3 is 0 Å². The highest BCUT2D eigenvalue weighted by atomic mass is 35.5. The van der Waals surface area contributed by atoms with Crippen molar-refractivity contribution >= 4 is 23.0 Å². The van der Waals surface area contributed by atoms with E-state index >= 15 is 0 Å². The average Bonchev–Trinajstić information content (AvgIpc) is 2.56. The van der Waals surface area contributed by atoms with Gasteiger partial charge in [0.25, 0.3) is 0 Å². The lowest BCUT2D eigenvalue weighted by Crippen LogP contribution is -1.88. The van der Waals surface area contributed by atoms with E-state index in [0.717, 1.165) is 16.4 Å². The Bertz CT molecular complexity index is 419. The van der Waals surface area contributed by atoms with E-state index in [1.165, 1.54) is 0 Å². The molecule has 1 aromatic heterocycles. The molecule has 2 rings (SSSR count). The number of hydrogen-bond donors (Lipinski definition) is 1. The Balaban J connectivity index is 2.15. The molecular formula is C10H10ClN3. The molecule has 0 saturated carbocycles. The number of nitrogens with zero attached hydrogens (tertiary/aromatic N) is 2. The van der Waals surface area contributed by atoms with Crippen LogP contribution in [0.15, 0.2) is 36.7 Å². The minimum absolute atomic E-state index is 0.738. The Morgan fingerprint density at radius 2 is 1.93 bits per heavy atom. The van der Waals surface area contributed by atoms with Crippen LogP contribution in [-0.2, 0) is 7.05 Å². The van der Waals surface area contributed by atoms with Crippen molar-refractivity contribution in [2.75, 3.05) is 5.32 Å². The minimum Gasteiger partial charge on any atom is -0.353 e. The summed E-state index contributed by atoms with van der Waals surface area (Å²) in [6.45, 7) is 0. The molecule has 14 heavy (non-hydrogen) atoms. The molecule has 0 aliphatic carbocycles. The van der Waals surface area contributed by atoms with Gasteiger partial charge in [0.2, 0.25) is 0 Å². The van der Waals surface area contributed by atoms with Gasteiger partial charge in [-0.25, -0.2) is 0 Å². The predicted octanol–water partition coefficient (Wildman–Crippen LogP) is 2.82. The fourth-order valence-electron chi connectivity index (χ4n) is 1.19. The lowest BCUT2D eigenvalue weighted by Gasteiger charge is -2.02. The van der Waals surface area contributed by atoms with Crippen LogP contribution in [0.1, 0.15) is 0 Å². The summed E-state index contributed by atoms with van der Waals surface area (Å²) >= 11 is 5.77. The Labute approximate surface area is 87.3 Å². The normalized spacial score (nSPS) is 10.1. The molecule has 4 heteroatoms. The largest absolute Gasteiger partial charge is 0.353 e. The van der Waals surface area contributed by atoms with Crippen molar-refractivity contribution in [2.45, 2.75) is 0 Å². The first-order chi connectivity index (χ1) is 6.74. The zero-order valence-electron chi connectivity index (χ0n) is 7.74. The van der Waals surface area contributed by atoms with Gasteiger partial charge in [0.15, 0.2) is 0 Å². The predicted molar refractivity (Wildman–Crippen MR) is 57.9 cm³/mol. The number of rotatable bonds is 2. The molecule has 0 unspecified atom stereocenters. The summed E-state index contributed by atoms with van der Waals surface area (Å²) in [4.78, 5) is 0. The maximum Gasteiger partial charge on any atom is 0.0770 e. The van der Waals surface area contributed by atoms with Crippen LogP contribution in [0, 0.1) is 0 Å². The number of nitrogens with one attached hydrogen (secondary N) is 1. The highest BCUT2D eigenvalue weighted by molar-refractivity contribution is 6.30. The summed E-state index contributed by atoms with van der Waals surface area (Å²) in [5.74, 6) is 0. The molecule has 0 aliphatic rings. The van der Waals surface area contributed by atoms with Gasteiger partial charge in [0.1, 0.15) is 0 Å². The van der Waals surface area contributed by atoms with Gasteiger partial charge in [-0.3, -0.25) is 4.68 Å². The van der Waals surface area contributed by atoms with Gasteiger partial charge in [-0.2, -0.15) is 5.10 Å². The smallest absolute Gasteiger partial charge is 0.0770 e. The fraction of sp³-hybridized carbons (Fsp3) is 0.100. The van der Waals surface area contributed by atoms with Gasteiger partial charge in [0.05, 0.1) is 11.9 Å². The van der Waals surface area contributed by atoms with Crippen LogP contribution in [0.4, 0.5) is 11.4 Å². The van der Waals surface area contributed by atoms with Crippen LogP contribution in [0.3, 0.4) is 0 Å². The van der Waals surface area contributed by atoms with E-state index in [-0.39, 0.29) is 0 Å². The van der Waals surface area contributed by atoms with Crippen LogP contribution in [0.5, 0.6) is 0 Å². The van der Waals surface area contributed by atoms with Crippen molar-refractivity contribution in [1.29, 1.82) is 0 Å². The maximum atomic E-state index is 5.77. The Hall–Kier alpha value is -1.48. The van der Waals surface area contributed by atoms with Gasteiger partial charge < -0.3 is 5.32 Å². The third-order valence-corrected chi connectivity index (χ3v) is 2.09. The zero-order chi connectivity index (χ0) is 9.97. The number of halogens is 1. The number of benzene rings is 1. The summed E-state index contributed by atoms with van der Waals surface area (Å²) in [6.07, 6.45) is 3.68. The first-order valence-corrected chi connectivity index (χ1v) is 4.63. The fourth-order valence-corrected chi connectivity index (χ4v) is 1.31. The zero-order valence-corrected chi connectivity index (χ0v) is 8.49. The van der Waals surface area contributed by atoms with Crippen LogP contribution < -0.4 is 5.32 Å². The van der Waals surface area contributed by atoms with Crippen molar-refractivity contribution < 1.29 is 0 Å². The lowest BCUT2D eigenvalue weighted by molar-refractivity contribution is 0.768. The van der Waals surface area contributed by atoms with Gasteiger partial charge in [0, 0.05) is 24.0 Å². The van der Waals surface area contributed by atoms with E-state index in [1.807, 2.05) is 37.5 Å². The second kappa shape index (κ2) is 3.72. The third-order valence-electron chi connectivity index (χ3n) is 1.84. The molecule has 0 atom stereocenters. The third kappa shape index (κ3) is 2.06.